The summed E-state index contributed by atoms with van der Waals surface area (Å²) < 4.78 is 11.3. The highest BCUT2D eigenvalue weighted by Crippen LogP contribution is 2.30. The first kappa shape index (κ1) is 17.3. The number of hydrogen-bond donors (Lipinski definition) is 0. The van der Waals surface area contributed by atoms with Crippen LogP contribution in [0.2, 0.25) is 0 Å². The number of ether oxygens (including phenoxy) is 2. The lowest BCUT2D eigenvalue weighted by atomic mass is 10.00. The highest BCUT2D eigenvalue weighted by molar-refractivity contribution is 5.65. The second-order valence-corrected chi connectivity index (χ2v) is 6.46. The Morgan fingerprint density at radius 3 is 2.52 bits per heavy atom. The molecule has 0 aromatic carbocycles. The van der Waals surface area contributed by atoms with Gasteiger partial charge in [0, 0.05) is 23.7 Å². The smallest absolute Gasteiger partial charge is 0.257 e. The van der Waals surface area contributed by atoms with Gasteiger partial charge in [-0.25, -0.2) is 4.98 Å². The average Bonchev–Trinajstić information content (AvgIpc) is 2.52. The van der Waals surface area contributed by atoms with E-state index < -0.39 is 0 Å². The molecular formula is C19H26N2O2. The molecule has 0 aliphatic heterocycles. The van der Waals surface area contributed by atoms with E-state index in [-0.39, 0.29) is 0 Å². The monoisotopic (exact) mass is 314 g/mol. The van der Waals surface area contributed by atoms with Gasteiger partial charge in [0.25, 0.3) is 5.88 Å². The number of aryl methyl sites for hydroxylation is 1. The molecule has 2 rings (SSSR count). The van der Waals surface area contributed by atoms with E-state index in [0.717, 1.165) is 23.2 Å². The van der Waals surface area contributed by atoms with E-state index in [1.54, 1.807) is 13.3 Å². The van der Waals surface area contributed by atoms with Crippen molar-refractivity contribution in [3.8, 4) is 22.8 Å². The fourth-order valence-corrected chi connectivity index (χ4v) is 2.66. The largest absolute Gasteiger partial charge is 0.491 e. The van der Waals surface area contributed by atoms with Crippen LogP contribution in [0.1, 0.15) is 32.9 Å². The summed E-state index contributed by atoms with van der Waals surface area (Å²) in [6.45, 7) is 9.26. The van der Waals surface area contributed by atoms with Gasteiger partial charge in [-0.1, -0.05) is 20.8 Å². The van der Waals surface area contributed by atoms with Crippen LogP contribution >= 0.6 is 0 Å². The predicted octanol–water partition coefficient (Wildman–Crippen LogP) is 4.52. The van der Waals surface area contributed by atoms with Crippen molar-refractivity contribution in [2.24, 2.45) is 11.8 Å². The fraction of sp³-hybridized carbons (Fsp3) is 0.474. The molecular weight excluding hydrogens is 288 g/mol. The van der Waals surface area contributed by atoms with Gasteiger partial charge in [0.15, 0.2) is 5.75 Å². The van der Waals surface area contributed by atoms with Gasteiger partial charge in [-0.2, -0.15) is 0 Å². The maximum atomic E-state index is 5.86. The van der Waals surface area contributed by atoms with Crippen molar-refractivity contribution in [2.45, 2.75) is 34.1 Å². The van der Waals surface area contributed by atoms with Crippen LogP contribution in [0.3, 0.4) is 0 Å². The standard InChI is InChI=1S/C19H26N2O2/c1-13(2)8-14(3)12-23-19-18(22-5)10-17(11-21-19)16-6-7-20-15(4)9-16/h6-7,9-11,13-14H,8,12H2,1-5H3/t14-/m0/s1. The molecule has 0 aliphatic carbocycles. The lowest BCUT2D eigenvalue weighted by Gasteiger charge is -2.16. The van der Waals surface area contributed by atoms with Crippen molar-refractivity contribution < 1.29 is 9.47 Å². The van der Waals surface area contributed by atoms with Crippen molar-refractivity contribution in [3.63, 3.8) is 0 Å². The third kappa shape index (κ3) is 4.95. The predicted molar refractivity (Wildman–Crippen MR) is 92.9 cm³/mol. The molecule has 0 radical (unpaired) electrons. The Balaban J connectivity index is 2.13. The van der Waals surface area contributed by atoms with Crippen LogP contribution in [0.25, 0.3) is 11.1 Å². The molecule has 0 fully saturated rings. The molecule has 2 heterocycles. The summed E-state index contributed by atoms with van der Waals surface area (Å²) in [5, 5.41) is 0. The molecule has 2 aromatic rings. The highest BCUT2D eigenvalue weighted by atomic mass is 16.5. The molecule has 0 N–H and O–H groups in total. The molecule has 0 spiro atoms. The van der Waals surface area contributed by atoms with E-state index >= 15 is 0 Å². The first-order valence-electron chi connectivity index (χ1n) is 8.09. The van der Waals surface area contributed by atoms with E-state index in [9.17, 15) is 0 Å². The Hall–Kier alpha value is -2.10. The van der Waals surface area contributed by atoms with Crippen LogP contribution in [-0.2, 0) is 0 Å². The third-order valence-electron chi connectivity index (χ3n) is 3.65. The van der Waals surface area contributed by atoms with Crippen molar-refractivity contribution in [1.29, 1.82) is 0 Å². The zero-order valence-electron chi connectivity index (χ0n) is 14.7. The van der Waals surface area contributed by atoms with Crippen molar-refractivity contribution in [1.82, 2.24) is 9.97 Å². The molecule has 1 atom stereocenters. The SMILES string of the molecule is COc1cc(-c2ccnc(C)c2)cnc1OC[C@@H](C)CC(C)C. The number of rotatable bonds is 7. The molecule has 0 aliphatic rings. The minimum absolute atomic E-state index is 0.490. The van der Waals surface area contributed by atoms with E-state index in [4.69, 9.17) is 9.47 Å². The van der Waals surface area contributed by atoms with Crippen LogP contribution in [0.5, 0.6) is 11.6 Å². The lowest BCUT2D eigenvalue weighted by Crippen LogP contribution is -2.12. The molecule has 0 unspecified atom stereocenters. The lowest BCUT2D eigenvalue weighted by molar-refractivity contribution is 0.221. The van der Waals surface area contributed by atoms with Gasteiger partial charge < -0.3 is 9.47 Å². The maximum absolute atomic E-state index is 5.86. The summed E-state index contributed by atoms with van der Waals surface area (Å²) in [6.07, 6.45) is 4.76. The molecule has 23 heavy (non-hydrogen) atoms. The Labute approximate surface area is 138 Å². The molecule has 2 aromatic heterocycles. The van der Waals surface area contributed by atoms with Crippen LogP contribution in [0.15, 0.2) is 30.6 Å². The van der Waals surface area contributed by atoms with Crippen LogP contribution in [0, 0.1) is 18.8 Å². The highest BCUT2D eigenvalue weighted by Gasteiger charge is 2.12. The summed E-state index contributed by atoms with van der Waals surface area (Å²) in [6, 6.07) is 5.96. The van der Waals surface area contributed by atoms with E-state index in [0.29, 0.717) is 30.1 Å². The Kier molecular flexibility index (Phi) is 5.97. The molecule has 4 nitrogen and oxygen atoms in total. The second-order valence-electron chi connectivity index (χ2n) is 6.46. The van der Waals surface area contributed by atoms with E-state index in [1.165, 1.54) is 0 Å². The van der Waals surface area contributed by atoms with E-state index in [2.05, 4.69) is 30.7 Å². The Morgan fingerprint density at radius 1 is 1.09 bits per heavy atom. The first-order valence-corrected chi connectivity index (χ1v) is 8.09. The van der Waals surface area contributed by atoms with Gasteiger partial charge in [-0.3, -0.25) is 4.98 Å². The molecule has 4 heteroatoms. The number of nitrogens with zero attached hydrogens (tertiary/aromatic N) is 2. The van der Waals surface area contributed by atoms with Crippen LogP contribution in [-0.4, -0.2) is 23.7 Å². The molecule has 0 bridgehead atoms. The van der Waals surface area contributed by atoms with Crippen molar-refractivity contribution in [2.75, 3.05) is 13.7 Å². The molecule has 0 amide bonds. The van der Waals surface area contributed by atoms with E-state index in [1.807, 2.05) is 31.3 Å². The topological polar surface area (TPSA) is 44.2 Å². The zero-order valence-corrected chi connectivity index (χ0v) is 14.7. The summed E-state index contributed by atoms with van der Waals surface area (Å²) in [7, 11) is 1.64. The number of pyridine rings is 2. The molecule has 124 valence electrons. The third-order valence-corrected chi connectivity index (χ3v) is 3.65. The molecule has 0 saturated heterocycles. The number of hydrogen-bond acceptors (Lipinski definition) is 4. The zero-order chi connectivity index (χ0) is 16.8. The summed E-state index contributed by atoms with van der Waals surface area (Å²) in [4.78, 5) is 8.66. The quantitative estimate of drug-likeness (QED) is 0.753. The minimum atomic E-state index is 0.490. The van der Waals surface area contributed by atoms with Crippen molar-refractivity contribution >= 4 is 0 Å². The normalized spacial score (nSPS) is 12.3. The van der Waals surface area contributed by atoms with Gasteiger partial charge in [0.2, 0.25) is 0 Å². The molecule has 0 saturated carbocycles. The maximum Gasteiger partial charge on any atom is 0.257 e. The van der Waals surface area contributed by atoms with Crippen molar-refractivity contribution in [3.05, 3.63) is 36.3 Å². The van der Waals surface area contributed by atoms with Gasteiger partial charge in [-0.15, -0.1) is 0 Å². The second kappa shape index (κ2) is 7.95. The summed E-state index contributed by atoms with van der Waals surface area (Å²) in [5.41, 5.74) is 3.04. The average molecular weight is 314 g/mol. The van der Waals surface area contributed by atoms with Gasteiger partial charge >= 0.3 is 0 Å². The van der Waals surface area contributed by atoms with Gasteiger partial charge in [0.05, 0.1) is 13.7 Å². The summed E-state index contributed by atoms with van der Waals surface area (Å²) in [5.74, 6) is 2.37. The Bertz CT molecular complexity index is 641. The van der Waals surface area contributed by atoms with Crippen LogP contribution in [0.4, 0.5) is 0 Å². The number of aromatic nitrogens is 2. The Morgan fingerprint density at radius 2 is 1.87 bits per heavy atom. The van der Waals surface area contributed by atoms with Crippen LogP contribution < -0.4 is 9.47 Å². The van der Waals surface area contributed by atoms with Gasteiger partial charge in [0.1, 0.15) is 0 Å². The number of methoxy groups -OCH3 is 1. The fourth-order valence-electron chi connectivity index (χ4n) is 2.66. The first-order chi connectivity index (χ1) is 11.0. The summed E-state index contributed by atoms with van der Waals surface area (Å²) >= 11 is 0. The van der Waals surface area contributed by atoms with Gasteiger partial charge in [-0.05, 0) is 48.9 Å². The minimum Gasteiger partial charge on any atom is -0.491 e.